The summed E-state index contributed by atoms with van der Waals surface area (Å²) in [5.74, 6) is 0. The predicted molar refractivity (Wildman–Crippen MR) is 86.1 cm³/mol. The van der Waals surface area contributed by atoms with Crippen molar-refractivity contribution in [2.75, 3.05) is 25.0 Å². The van der Waals surface area contributed by atoms with Crippen molar-refractivity contribution < 1.29 is 0 Å². The van der Waals surface area contributed by atoms with Gasteiger partial charge < -0.3 is 10.2 Å². The molecule has 1 aromatic carbocycles. The van der Waals surface area contributed by atoms with Gasteiger partial charge in [-0.2, -0.15) is 0 Å². The van der Waals surface area contributed by atoms with Crippen LogP contribution in [-0.4, -0.2) is 25.7 Å². The summed E-state index contributed by atoms with van der Waals surface area (Å²) in [5.41, 5.74) is 2.91. The summed E-state index contributed by atoms with van der Waals surface area (Å²) in [6.07, 6.45) is 3.81. The Morgan fingerprint density at radius 2 is 1.84 bits per heavy atom. The van der Waals surface area contributed by atoms with Gasteiger partial charge in [-0.25, -0.2) is 0 Å². The molecule has 0 saturated heterocycles. The van der Waals surface area contributed by atoms with E-state index in [4.69, 9.17) is 0 Å². The summed E-state index contributed by atoms with van der Waals surface area (Å²) in [4.78, 5) is 2.35. The van der Waals surface area contributed by atoms with Gasteiger partial charge in [-0.15, -0.1) is 0 Å². The third-order valence-corrected chi connectivity index (χ3v) is 3.27. The van der Waals surface area contributed by atoms with Gasteiger partial charge in [-0.1, -0.05) is 18.6 Å². The molecule has 0 aliphatic heterocycles. The van der Waals surface area contributed by atoms with E-state index in [1.165, 1.54) is 30.5 Å². The van der Waals surface area contributed by atoms with Crippen LogP contribution in [0.3, 0.4) is 0 Å². The van der Waals surface area contributed by atoms with Crippen molar-refractivity contribution in [2.24, 2.45) is 0 Å². The quantitative estimate of drug-likeness (QED) is 0.747. The summed E-state index contributed by atoms with van der Waals surface area (Å²) >= 11 is 0. The fraction of sp³-hybridized carbons (Fsp3) is 0.647. The van der Waals surface area contributed by atoms with Gasteiger partial charge in [-0.05, 0) is 64.8 Å². The molecule has 0 unspecified atom stereocenters. The summed E-state index contributed by atoms with van der Waals surface area (Å²) in [6.45, 7) is 11.1. The average molecular weight is 262 g/mol. The van der Waals surface area contributed by atoms with Crippen LogP contribution >= 0.6 is 0 Å². The van der Waals surface area contributed by atoms with Crippen molar-refractivity contribution in [3.63, 3.8) is 0 Å². The van der Waals surface area contributed by atoms with Gasteiger partial charge in [0.25, 0.3) is 0 Å². The maximum Gasteiger partial charge on any atom is 0.0366 e. The van der Waals surface area contributed by atoms with E-state index in [2.05, 4.69) is 69.2 Å². The minimum absolute atomic E-state index is 0.248. The van der Waals surface area contributed by atoms with Gasteiger partial charge in [0.05, 0.1) is 0 Å². The standard InChI is InChI=1S/C17H30N2/c1-15-10-9-11-16(14-15)19(5)13-8-6-7-12-18-17(2,3)4/h9-11,14,18H,6-8,12-13H2,1-5H3. The summed E-state index contributed by atoms with van der Waals surface area (Å²) in [5, 5.41) is 3.54. The first-order chi connectivity index (χ1) is 8.88. The van der Waals surface area contributed by atoms with Gasteiger partial charge in [0, 0.05) is 24.8 Å². The van der Waals surface area contributed by atoms with Gasteiger partial charge >= 0.3 is 0 Å². The van der Waals surface area contributed by atoms with Crippen LogP contribution in [0.2, 0.25) is 0 Å². The van der Waals surface area contributed by atoms with Crippen molar-refractivity contribution in [2.45, 2.75) is 52.5 Å². The number of rotatable bonds is 7. The molecule has 19 heavy (non-hydrogen) atoms. The summed E-state index contributed by atoms with van der Waals surface area (Å²) in [6, 6.07) is 8.72. The largest absolute Gasteiger partial charge is 0.375 e. The second-order valence-electron chi connectivity index (χ2n) is 6.50. The molecular formula is C17H30N2. The highest BCUT2D eigenvalue weighted by Crippen LogP contribution is 2.14. The first-order valence-electron chi connectivity index (χ1n) is 7.41. The molecule has 108 valence electrons. The lowest BCUT2D eigenvalue weighted by molar-refractivity contribution is 0.417. The molecule has 0 aliphatic carbocycles. The van der Waals surface area contributed by atoms with E-state index in [-0.39, 0.29) is 5.54 Å². The van der Waals surface area contributed by atoms with E-state index in [9.17, 15) is 0 Å². The fourth-order valence-electron chi connectivity index (χ4n) is 2.11. The first kappa shape index (κ1) is 16.0. The molecule has 0 bridgehead atoms. The molecule has 0 radical (unpaired) electrons. The number of nitrogens with zero attached hydrogens (tertiary/aromatic N) is 1. The van der Waals surface area contributed by atoms with E-state index >= 15 is 0 Å². The van der Waals surface area contributed by atoms with Crippen LogP contribution in [0.1, 0.15) is 45.6 Å². The fourth-order valence-corrected chi connectivity index (χ4v) is 2.11. The molecular weight excluding hydrogens is 232 g/mol. The SMILES string of the molecule is Cc1cccc(N(C)CCCCCNC(C)(C)C)c1. The number of hydrogen-bond donors (Lipinski definition) is 1. The number of aryl methyl sites for hydroxylation is 1. The highest BCUT2D eigenvalue weighted by molar-refractivity contribution is 5.47. The maximum absolute atomic E-state index is 3.54. The number of benzene rings is 1. The van der Waals surface area contributed by atoms with Crippen LogP contribution in [0.15, 0.2) is 24.3 Å². The molecule has 0 spiro atoms. The van der Waals surface area contributed by atoms with E-state index in [0.29, 0.717) is 0 Å². The Morgan fingerprint density at radius 3 is 2.47 bits per heavy atom. The monoisotopic (exact) mass is 262 g/mol. The van der Waals surface area contributed by atoms with E-state index in [1.54, 1.807) is 0 Å². The Bertz CT molecular complexity index is 366. The molecule has 2 nitrogen and oxygen atoms in total. The molecule has 2 heteroatoms. The Morgan fingerprint density at radius 1 is 1.11 bits per heavy atom. The van der Waals surface area contributed by atoms with Crippen LogP contribution in [0.4, 0.5) is 5.69 Å². The molecule has 1 N–H and O–H groups in total. The lowest BCUT2D eigenvalue weighted by Gasteiger charge is -2.21. The van der Waals surface area contributed by atoms with Gasteiger partial charge in [-0.3, -0.25) is 0 Å². The van der Waals surface area contributed by atoms with E-state index in [1.807, 2.05) is 0 Å². The normalized spacial score (nSPS) is 11.6. The molecule has 1 aromatic rings. The number of hydrogen-bond acceptors (Lipinski definition) is 2. The second-order valence-corrected chi connectivity index (χ2v) is 6.50. The highest BCUT2D eigenvalue weighted by Gasteiger charge is 2.07. The highest BCUT2D eigenvalue weighted by atomic mass is 15.1. The topological polar surface area (TPSA) is 15.3 Å². The van der Waals surface area contributed by atoms with Crippen molar-refractivity contribution in [3.8, 4) is 0 Å². The Balaban J connectivity index is 2.16. The predicted octanol–water partition coefficient (Wildman–Crippen LogP) is 3.99. The molecule has 0 amide bonds. The smallest absolute Gasteiger partial charge is 0.0366 e. The van der Waals surface area contributed by atoms with Crippen molar-refractivity contribution in [1.29, 1.82) is 0 Å². The molecule has 1 rings (SSSR count). The zero-order chi connectivity index (χ0) is 14.3. The average Bonchev–Trinajstić information content (AvgIpc) is 2.32. The molecule has 0 aromatic heterocycles. The second kappa shape index (κ2) is 7.54. The third-order valence-electron chi connectivity index (χ3n) is 3.27. The summed E-state index contributed by atoms with van der Waals surface area (Å²) < 4.78 is 0. The zero-order valence-electron chi connectivity index (χ0n) is 13.3. The maximum atomic E-state index is 3.54. The molecule has 0 fully saturated rings. The van der Waals surface area contributed by atoms with Crippen LogP contribution in [0, 0.1) is 6.92 Å². The van der Waals surface area contributed by atoms with Crippen molar-refractivity contribution in [1.82, 2.24) is 5.32 Å². The molecule has 0 saturated carbocycles. The van der Waals surface area contributed by atoms with Gasteiger partial charge in [0.15, 0.2) is 0 Å². The third kappa shape index (κ3) is 7.22. The Labute approximate surface area is 119 Å². The molecule has 0 atom stereocenters. The Kier molecular flexibility index (Phi) is 6.36. The van der Waals surface area contributed by atoms with Gasteiger partial charge in [0.1, 0.15) is 0 Å². The molecule has 0 heterocycles. The molecule has 0 aliphatic rings. The van der Waals surface area contributed by atoms with E-state index < -0.39 is 0 Å². The Hall–Kier alpha value is -1.02. The lowest BCUT2D eigenvalue weighted by Crippen LogP contribution is -2.36. The van der Waals surface area contributed by atoms with Crippen LogP contribution < -0.4 is 10.2 Å². The minimum atomic E-state index is 0.248. The summed E-state index contributed by atoms with van der Waals surface area (Å²) in [7, 11) is 2.18. The number of unbranched alkanes of at least 4 members (excludes halogenated alkanes) is 2. The lowest BCUT2D eigenvalue weighted by atomic mass is 10.1. The van der Waals surface area contributed by atoms with E-state index in [0.717, 1.165) is 13.1 Å². The minimum Gasteiger partial charge on any atom is -0.375 e. The van der Waals surface area contributed by atoms with Crippen molar-refractivity contribution in [3.05, 3.63) is 29.8 Å². The van der Waals surface area contributed by atoms with Crippen LogP contribution in [0.25, 0.3) is 0 Å². The zero-order valence-corrected chi connectivity index (χ0v) is 13.3. The number of anilines is 1. The first-order valence-corrected chi connectivity index (χ1v) is 7.41. The van der Waals surface area contributed by atoms with Gasteiger partial charge in [0.2, 0.25) is 0 Å². The number of nitrogens with one attached hydrogen (secondary N) is 1. The van der Waals surface area contributed by atoms with Crippen LogP contribution in [-0.2, 0) is 0 Å². The van der Waals surface area contributed by atoms with Crippen LogP contribution in [0.5, 0.6) is 0 Å². The van der Waals surface area contributed by atoms with Crippen molar-refractivity contribution >= 4 is 5.69 Å².